The second kappa shape index (κ2) is 11.9. The lowest BCUT2D eigenvalue weighted by Gasteiger charge is -2.37. The molecule has 0 atom stereocenters. The SMILES string of the molecule is c1ccc2c(c1)Sc1cc3c(cc1N2c1c2ccccc2c(N2c4ccccc4Sc4cc5c(cc42)sc2ccccc25)c2ccccc12)sc1ccccc13. The fourth-order valence-corrected chi connectivity index (χ4v) is 13.4. The standard InChI is InChI=1S/C50H28N2S4/c1-2-16-32-31(15-1)49(51-37-19-7-11-23-43(37)55-47-25-35-29-13-5-9-21-41(29)53-45(35)27-39(47)51)33-17-3-4-18-34(33)50(32)52-38-20-8-12-24-44(38)56-48-26-36-30-14-6-10-22-42(30)54-46(36)28-40(48)52/h1-28H. The summed E-state index contributed by atoms with van der Waals surface area (Å²) in [6.07, 6.45) is 0. The number of rotatable bonds is 2. The Balaban J connectivity index is 1.13. The van der Waals surface area contributed by atoms with E-state index in [1.54, 1.807) is 0 Å². The molecule has 0 aliphatic carbocycles. The molecule has 13 rings (SSSR count). The van der Waals surface area contributed by atoms with Crippen molar-refractivity contribution in [1.82, 2.24) is 0 Å². The second-order valence-electron chi connectivity index (χ2n) is 14.4. The Morgan fingerprint density at radius 3 is 1.05 bits per heavy atom. The first-order chi connectivity index (χ1) is 27.8. The third kappa shape index (κ3) is 4.41. The lowest BCUT2D eigenvalue weighted by atomic mass is 9.95. The van der Waals surface area contributed by atoms with E-state index in [0.29, 0.717) is 0 Å². The van der Waals surface area contributed by atoms with Crippen molar-refractivity contribution in [1.29, 1.82) is 0 Å². The van der Waals surface area contributed by atoms with Gasteiger partial charge in [0.2, 0.25) is 0 Å². The molecule has 0 N–H and O–H groups in total. The van der Waals surface area contributed by atoms with E-state index in [1.807, 2.05) is 46.2 Å². The monoisotopic (exact) mass is 784 g/mol. The van der Waals surface area contributed by atoms with E-state index in [0.717, 1.165) is 0 Å². The molecule has 0 spiro atoms. The maximum absolute atomic E-state index is 2.56. The number of hydrogen-bond donors (Lipinski definition) is 0. The summed E-state index contributed by atoms with van der Waals surface area (Å²) in [5.74, 6) is 0. The molecule has 0 radical (unpaired) electrons. The summed E-state index contributed by atoms with van der Waals surface area (Å²) in [5, 5.41) is 10.2. The maximum Gasteiger partial charge on any atom is 0.0620 e. The van der Waals surface area contributed by atoms with E-state index in [4.69, 9.17) is 0 Å². The van der Waals surface area contributed by atoms with Gasteiger partial charge in [0.25, 0.3) is 0 Å². The predicted molar refractivity (Wildman–Crippen MR) is 245 cm³/mol. The molecule has 0 bridgehead atoms. The van der Waals surface area contributed by atoms with Crippen LogP contribution in [0.2, 0.25) is 0 Å². The van der Waals surface area contributed by atoms with Crippen LogP contribution in [0.15, 0.2) is 189 Å². The van der Waals surface area contributed by atoms with Gasteiger partial charge < -0.3 is 9.80 Å². The Labute approximate surface area is 339 Å². The van der Waals surface area contributed by atoms with E-state index in [-0.39, 0.29) is 0 Å². The first kappa shape index (κ1) is 31.4. The highest BCUT2D eigenvalue weighted by molar-refractivity contribution is 8.00. The quantitative estimate of drug-likeness (QED) is 0.161. The molecule has 6 heteroatoms. The summed E-state index contributed by atoms with van der Waals surface area (Å²) in [5.41, 5.74) is 7.32. The van der Waals surface area contributed by atoms with Crippen LogP contribution >= 0.6 is 46.2 Å². The molecule has 2 nitrogen and oxygen atoms in total. The second-order valence-corrected chi connectivity index (χ2v) is 18.8. The fraction of sp³-hybridized carbons (Fsp3) is 0. The van der Waals surface area contributed by atoms with E-state index in [2.05, 4.69) is 180 Å². The van der Waals surface area contributed by atoms with E-state index >= 15 is 0 Å². The molecule has 2 aromatic heterocycles. The molecule has 4 heterocycles. The third-order valence-corrected chi connectivity index (χ3v) is 15.9. The van der Waals surface area contributed by atoms with Crippen LogP contribution in [-0.2, 0) is 0 Å². The molecule has 2 aliphatic rings. The lowest BCUT2D eigenvalue weighted by Crippen LogP contribution is -2.18. The number of thiophene rings is 2. The van der Waals surface area contributed by atoms with Gasteiger partial charge in [-0.05, 0) is 60.7 Å². The van der Waals surface area contributed by atoms with Gasteiger partial charge in [0.1, 0.15) is 0 Å². The Morgan fingerprint density at radius 1 is 0.268 bits per heavy atom. The first-order valence-electron chi connectivity index (χ1n) is 18.7. The summed E-state index contributed by atoms with van der Waals surface area (Å²) >= 11 is 7.54. The molecule has 56 heavy (non-hydrogen) atoms. The average Bonchev–Trinajstić information content (AvgIpc) is 3.80. The molecule has 0 fully saturated rings. The molecule has 2 aliphatic heterocycles. The number of benzene rings is 9. The van der Waals surface area contributed by atoms with Gasteiger partial charge in [-0.25, -0.2) is 0 Å². The van der Waals surface area contributed by atoms with Crippen molar-refractivity contribution < 1.29 is 0 Å². The van der Waals surface area contributed by atoms with Crippen molar-refractivity contribution >= 4 is 142 Å². The van der Waals surface area contributed by atoms with Crippen LogP contribution in [0.1, 0.15) is 0 Å². The van der Waals surface area contributed by atoms with Gasteiger partial charge in [0.15, 0.2) is 0 Å². The van der Waals surface area contributed by atoms with Gasteiger partial charge in [-0.15, -0.1) is 22.7 Å². The van der Waals surface area contributed by atoms with Crippen molar-refractivity contribution in [2.45, 2.75) is 19.6 Å². The Bertz CT molecular complexity index is 3180. The highest BCUT2D eigenvalue weighted by Crippen LogP contribution is 2.60. The van der Waals surface area contributed by atoms with Gasteiger partial charge in [-0.1, -0.05) is 133 Å². The van der Waals surface area contributed by atoms with Gasteiger partial charge in [-0.2, -0.15) is 0 Å². The summed E-state index contributed by atoms with van der Waals surface area (Å²) < 4.78 is 5.28. The number of anilines is 6. The highest BCUT2D eigenvalue weighted by atomic mass is 32.2. The zero-order valence-electron chi connectivity index (χ0n) is 29.7. The minimum Gasteiger partial charge on any atom is -0.307 e. The lowest BCUT2D eigenvalue weighted by molar-refractivity contribution is 1.18. The van der Waals surface area contributed by atoms with Crippen LogP contribution in [0.25, 0.3) is 61.9 Å². The Kier molecular flexibility index (Phi) is 6.67. The summed E-state index contributed by atoms with van der Waals surface area (Å²) in [7, 11) is 0. The fourth-order valence-electron chi connectivity index (χ4n) is 8.99. The van der Waals surface area contributed by atoms with Crippen LogP contribution < -0.4 is 9.80 Å². The molecular formula is C50H28N2S4. The van der Waals surface area contributed by atoms with Crippen molar-refractivity contribution in [3.63, 3.8) is 0 Å². The van der Waals surface area contributed by atoms with Crippen LogP contribution in [0.4, 0.5) is 34.1 Å². The number of para-hydroxylation sites is 2. The summed E-state index contributed by atoms with van der Waals surface area (Å²) in [6.45, 7) is 0. The average molecular weight is 785 g/mol. The minimum atomic E-state index is 1.21. The van der Waals surface area contributed by atoms with Crippen molar-refractivity contribution in [3.05, 3.63) is 170 Å². The molecular weight excluding hydrogens is 757 g/mol. The molecule has 262 valence electrons. The summed E-state index contributed by atoms with van der Waals surface area (Å²) in [6, 6.07) is 63.4. The molecule has 0 unspecified atom stereocenters. The van der Waals surface area contributed by atoms with E-state index < -0.39 is 0 Å². The maximum atomic E-state index is 2.56. The zero-order valence-corrected chi connectivity index (χ0v) is 33.0. The number of fused-ring (bicyclic) bond motifs is 12. The third-order valence-electron chi connectivity index (χ3n) is 11.4. The highest BCUT2D eigenvalue weighted by Gasteiger charge is 2.33. The Morgan fingerprint density at radius 2 is 0.625 bits per heavy atom. The number of hydrogen-bond acceptors (Lipinski definition) is 6. The van der Waals surface area contributed by atoms with Gasteiger partial charge in [0, 0.05) is 81.5 Å². The largest absolute Gasteiger partial charge is 0.307 e. The number of nitrogens with zero attached hydrogens (tertiary/aromatic N) is 2. The zero-order chi connectivity index (χ0) is 36.5. The van der Waals surface area contributed by atoms with Gasteiger partial charge in [-0.3, -0.25) is 0 Å². The van der Waals surface area contributed by atoms with E-state index in [1.165, 1.54) is 116 Å². The molecule has 11 aromatic rings. The summed E-state index contributed by atoms with van der Waals surface area (Å²) in [4.78, 5) is 10.2. The minimum absolute atomic E-state index is 1.21. The molecule has 0 saturated heterocycles. The topological polar surface area (TPSA) is 6.48 Å². The van der Waals surface area contributed by atoms with Gasteiger partial charge >= 0.3 is 0 Å². The van der Waals surface area contributed by atoms with Crippen molar-refractivity contribution in [3.8, 4) is 0 Å². The normalized spacial score (nSPS) is 13.5. The van der Waals surface area contributed by atoms with Crippen LogP contribution in [0, 0.1) is 0 Å². The van der Waals surface area contributed by atoms with Crippen molar-refractivity contribution in [2.24, 2.45) is 0 Å². The molecule has 9 aromatic carbocycles. The Hall–Kier alpha value is -5.76. The predicted octanol–water partition coefficient (Wildman–Crippen LogP) is 16.6. The van der Waals surface area contributed by atoms with Crippen molar-refractivity contribution in [2.75, 3.05) is 9.80 Å². The van der Waals surface area contributed by atoms with Gasteiger partial charge in [0.05, 0.1) is 34.1 Å². The molecule has 0 amide bonds. The molecule has 0 saturated carbocycles. The van der Waals surface area contributed by atoms with E-state index in [9.17, 15) is 0 Å². The smallest absolute Gasteiger partial charge is 0.0620 e. The van der Waals surface area contributed by atoms with Crippen LogP contribution in [0.3, 0.4) is 0 Å². The first-order valence-corrected chi connectivity index (χ1v) is 22.0. The van der Waals surface area contributed by atoms with Crippen LogP contribution in [0.5, 0.6) is 0 Å². The van der Waals surface area contributed by atoms with Crippen LogP contribution in [-0.4, -0.2) is 0 Å².